The zero-order chi connectivity index (χ0) is 17.1. The number of amides is 1. The van der Waals surface area contributed by atoms with Gasteiger partial charge >= 0.3 is 5.97 Å². The largest absolute Gasteiger partial charge is 0.481 e. The number of fused-ring (bicyclic) bond motifs is 1. The minimum absolute atomic E-state index is 0.233. The summed E-state index contributed by atoms with van der Waals surface area (Å²) in [5, 5.41) is 21.4. The molecule has 3 rings (SSSR count). The number of rotatable bonds is 4. The number of nitrogens with zero attached hydrogens (tertiary/aromatic N) is 2. The number of carboxylic acid groups (broad SMARTS) is 1. The molecule has 24 heavy (non-hydrogen) atoms. The Bertz CT molecular complexity index is 876. The molecule has 7 heteroatoms. The molecule has 122 valence electrons. The molecule has 0 spiro atoms. The van der Waals surface area contributed by atoms with Gasteiger partial charge in [-0.1, -0.05) is 48.2 Å². The minimum Gasteiger partial charge on any atom is -0.481 e. The van der Waals surface area contributed by atoms with Crippen LogP contribution in [0.3, 0.4) is 0 Å². The Morgan fingerprint density at radius 1 is 1.25 bits per heavy atom. The predicted octanol–water partition coefficient (Wildman–Crippen LogP) is 2.63. The lowest BCUT2D eigenvalue weighted by Crippen LogP contribution is -2.26. The van der Waals surface area contributed by atoms with Gasteiger partial charge in [0.05, 0.1) is 12.1 Å². The van der Waals surface area contributed by atoms with Crippen LogP contribution in [0, 0.1) is 0 Å². The van der Waals surface area contributed by atoms with E-state index in [4.69, 9.17) is 5.11 Å². The van der Waals surface area contributed by atoms with E-state index in [2.05, 4.69) is 15.5 Å². The smallest absolute Gasteiger partial charge is 0.305 e. The molecule has 1 aliphatic heterocycles. The molecule has 0 bridgehead atoms. The van der Waals surface area contributed by atoms with Gasteiger partial charge in [-0.3, -0.25) is 9.59 Å². The molecule has 0 unspecified atom stereocenters. The van der Waals surface area contributed by atoms with E-state index >= 15 is 0 Å². The second kappa shape index (κ2) is 6.84. The summed E-state index contributed by atoms with van der Waals surface area (Å²) >= 11 is 1.09. The third-order valence-electron chi connectivity index (χ3n) is 3.59. The molecule has 1 saturated heterocycles. The molecule has 6 nitrogen and oxygen atoms in total. The summed E-state index contributed by atoms with van der Waals surface area (Å²) in [4.78, 5) is 22.4. The highest BCUT2D eigenvalue weighted by Crippen LogP contribution is 2.22. The molecule has 0 aliphatic carbocycles. The topological polar surface area (TPSA) is 91.1 Å². The van der Waals surface area contributed by atoms with Gasteiger partial charge in [0.25, 0.3) is 0 Å². The van der Waals surface area contributed by atoms with E-state index in [1.54, 1.807) is 0 Å². The zero-order valence-electron chi connectivity index (χ0n) is 12.9. The van der Waals surface area contributed by atoms with E-state index in [1.165, 1.54) is 0 Å². The predicted molar refractivity (Wildman–Crippen MR) is 95.4 cm³/mol. The van der Waals surface area contributed by atoms with Crippen LogP contribution >= 0.6 is 11.8 Å². The SMILES string of the molecule is C/C(=N/N=C1\NC(=O)[C@@H](CC(=O)O)S1)c1ccc2ccccc2c1. The Labute approximate surface area is 142 Å². The summed E-state index contributed by atoms with van der Waals surface area (Å²) in [6.45, 7) is 1.84. The quantitative estimate of drug-likeness (QED) is 0.660. The number of nitrogens with one attached hydrogen (secondary N) is 1. The molecular weight excluding hydrogens is 326 g/mol. The van der Waals surface area contributed by atoms with E-state index in [9.17, 15) is 9.59 Å². The van der Waals surface area contributed by atoms with Gasteiger partial charge in [0.2, 0.25) is 5.91 Å². The number of amidine groups is 1. The standard InChI is InChI=1S/C17H15N3O3S/c1-10(12-7-6-11-4-2-3-5-13(11)8-12)19-20-17-18-16(23)14(24-17)9-15(21)22/h2-8,14H,9H2,1H3,(H,21,22)(H,18,20,23)/b19-10-/t14-/m1/s1. The maximum atomic E-state index is 11.7. The van der Waals surface area contributed by atoms with E-state index in [-0.39, 0.29) is 12.3 Å². The van der Waals surface area contributed by atoms with Crippen molar-refractivity contribution in [2.75, 3.05) is 0 Å². The Morgan fingerprint density at radius 2 is 2.00 bits per heavy atom. The van der Waals surface area contributed by atoms with Crippen molar-refractivity contribution in [3.05, 3.63) is 48.0 Å². The zero-order valence-corrected chi connectivity index (χ0v) is 13.7. The third kappa shape index (κ3) is 3.62. The highest BCUT2D eigenvalue weighted by Gasteiger charge is 2.32. The lowest BCUT2D eigenvalue weighted by molar-refractivity contribution is -0.138. The number of carbonyl (C=O) groups excluding carboxylic acids is 1. The van der Waals surface area contributed by atoms with Crippen LogP contribution in [0.2, 0.25) is 0 Å². The van der Waals surface area contributed by atoms with Gasteiger partial charge < -0.3 is 10.4 Å². The first-order valence-electron chi connectivity index (χ1n) is 7.33. The average Bonchev–Trinajstić information content (AvgIpc) is 2.91. The molecule has 0 saturated carbocycles. The Hall–Kier alpha value is -2.67. The molecule has 2 aromatic carbocycles. The number of carbonyl (C=O) groups is 2. The second-order valence-electron chi connectivity index (χ2n) is 5.35. The van der Waals surface area contributed by atoms with Crippen LogP contribution in [-0.4, -0.2) is 33.1 Å². The van der Waals surface area contributed by atoms with Crippen LogP contribution in [-0.2, 0) is 9.59 Å². The van der Waals surface area contributed by atoms with E-state index in [0.29, 0.717) is 10.9 Å². The summed E-state index contributed by atoms with van der Waals surface area (Å²) in [5.74, 6) is -1.36. The molecule has 1 heterocycles. The normalized spacial score (nSPS) is 19.7. The van der Waals surface area contributed by atoms with Crippen LogP contribution in [0.5, 0.6) is 0 Å². The summed E-state index contributed by atoms with van der Waals surface area (Å²) in [5.41, 5.74) is 1.65. The lowest BCUT2D eigenvalue weighted by Gasteiger charge is -2.02. The van der Waals surface area contributed by atoms with Gasteiger partial charge in [-0.05, 0) is 29.3 Å². The second-order valence-corrected chi connectivity index (χ2v) is 6.54. The van der Waals surface area contributed by atoms with Crippen LogP contribution in [0.4, 0.5) is 0 Å². The van der Waals surface area contributed by atoms with Crippen molar-refractivity contribution in [3.8, 4) is 0 Å². The lowest BCUT2D eigenvalue weighted by atomic mass is 10.0. The Balaban J connectivity index is 1.78. The number of hydrogen-bond donors (Lipinski definition) is 2. The van der Waals surface area contributed by atoms with Crippen LogP contribution in [0.1, 0.15) is 18.9 Å². The summed E-state index contributed by atoms with van der Waals surface area (Å²) in [6.07, 6.45) is -0.233. The van der Waals surface area contributed by atoms with Crippen molar-refractivity contribution in [3.63, 3.8) is 0 Å². The molecule has 0 radical (unpaired) electrons. The number of thioether (sulfide) groups is 1. The first-order valence-corrected chi connectivity index (χ1v) is 8.21. The molecule has 1 aliphatic rings. The van der Waals surface area contributed by atoms with Gasteiger partial charge in [-0.2, -0.15) is 5.10 Å². The van der Waals surface area contributed by atoms with E-state index in [1.807, 2.05) is 49.4 Å². The average molecular weight is 341 g/mol. The van der Waals surface area contributed by atoms with Crippen molar-refractivity contribution < 1.29 is 14.7 Å². The molecule has 1 amide bonds. The van der Waals surface area contributed by atoms with Crippen molar-refractivity contribution in [2.24, 2.45) is 10.2 Å². The molecule has 2 aromatic rings. The fourth-order valence-corrected chi connectivity index (χ4v) is 3.25. The highest BCUT2D eigenvalue weighted by atomic mass is 32.2. The van der Waals surface area contributed by atoms with E-state index in [0.717, 1.165) is 28.1 Å². The number of carboxylic acids is 1. The summed E-state index contributed by atoms with van der Waals surface area (Å²) in [7, 11) is 0. The van der Waals surface area contributed by atoms with Crippen molar-refractivity contribution in [1.29, 1.82) is 0 Å². The van der Waals surface area contributed by atoms with Crippen LogP contribution in [0.15, 0.2) is 52.7 Å². The van der Waals surface area contributed by atoms with E-state index < -0.39 is 11.2 Å². The highest BCUT2D eigenvalue weighted by molar-refractivity contribution is 8.15. The number of hydrogen-bond acceptors (Lipinski definition) is 5. The summed E-state index contributed by atoms with van der Waals surface area (Å²) < 4.78 is 0. The first-order chi connectivity index (χ1) is 11.5. The van der Waals surface area contributed by atoms with Gasteiger partial charge in [0.15, 0.2) is 5.17 Å². The van der Waals surface area contributed by atoms with Gasteiger partial charge in [-0.25, -0.2) is 0 Å². The Kier molecular flexibility index (Phi) is 4.61. The number of benzene rings is 2. The molecule has 1 atom stereocenters. The van der Waals surface area contributed by atoms with Crippen molar-refractivity contribution >= 4 is 45.3 Å². The van der Waals surface area contributed by atoms with Gasteiger partial charge in [-0.15, -0.1) is 5.10 Å². The van der Waals surface area contributed by atoms with Crippen molar-refractivity contribution in [2.45, 2.75) is 18.6 Å². The molecule has 2 N–H and O–H groups in total. The molecule has 0 aromatic heterocycles. The summed E-state index contributed by atoms with van der Waals surface area (Å²) in [6, 6.07) is 14.1. The molecular formula is C17H15N3O3S. The van der Waals surface area contributed by atoms with Gasteiger partial charge in [0.1, 0.15) is 5.25 Å². The Morgan fingerprint density at radius 3 is 2.75 bits per heavy atom. The first kappa shape index (κ1) is 16.2. The fraction of sp³-hybridized carbons (Fsp3) is 0.176. The third-order valence-corrected chi connectivity index (χ3v) is 4.67. The van der Waals surface area contributed by atoms with Gasteiger partial charge in [0, 0.05) is 0 Å². The van der Waals surface area contributed by atoms with Crippen LogP contribution in [0.25, 0.3) is 10.8 Å². The number of aliphatic carboxylic acids is 1. The fourth-order valence-electron chi connectivity index (χ4n) is 2.34. The minimum atomic E-state index is -1.01. The van der Waals surface area contributed by atoms with Crippen molar-refractivity contribution in [1.82, 2.24) is 5.32 Å². The molecule has 1 fully saturated rings. The monoisotopic (exact) mass is 341 g/mol. The maximum Gasteiger partial charge on any atom is 0.305 e. The van der Waals surface area contributed by atoms with Crippen LogP contribution < -0.4 is 5.32 Å². The maximum absolute atomic E-state index is 11.7.